The Hall–Kier alpha value is -1.42. The van der Waals surface area contributed by atoms with Gasteiger partial charge in [-0.05, 0) is 31.7 Å². The van der Waals surface area contributed by atoms with Crippen molar-refractivity contribution in [3.63, 3.8) is 0 Å². The molecule has 1 aliphatic carbocycles. The summed E-state index contributed by atoms with van der Waals surface area (Å²) in [6.07, 6.45) is 3.58. The average molecular weight is 265 g/mol. The van der Waals surface area contributed by atoms with Gasteiger partial charge >= 0.3 is 5.97 Å². The van der Waals surface area contributed by atoms with Gasteiger partial charge in [0.25, 0.3) is 0 Å². The standard InChI is InChI=1S/C15H20FNO2/c1-19-15(18)11-6-8-13(9-7-11)17-10-12-4-2-3-5-14(12)16/h2-5,11,13,17H,6-10H2,1H3. The molecule has 1 aromatic rings. The average Bonchev–Trinajstić information content (AvgIpc) is 2.46. The van der Waals surface area contributed by atoms with E-state index in [0.717, 1.165) is 25.7 Å². The predicted molar refractivity (Wildman–Crippen MR) is 71.0 cm³/mol. The lowest BCUT2D eigenvalue weighted by atomic mass is 9.86. The Morgan fingerprint density at radius 3 is 2.63 bits per heavy atom. The molecule has 0 atom stereocenters. The minimum Gasteiger partial charge on any atom is -0.469 e. The van der Waals surface area contributed by atoms with Gasteiger partial charge in [0.1, 0.15) is 5.82 Å². The van der Waals surface area contributed by atoms with Crippen LogP contribution in [0.15, 0.2) is 24.3 Å². The smallest absolute Gasteiger partial charge is 0.308 e. The molecule has 0 aliphatic heterocycles. The fourth-order valence-electron chi connectivity index (χ4n) is 2.60. The molecule has 1 aliphatic rings. The van der Waals surface area contributed by atoms with Crippen LogP contribution in [0, 0.1) is 11.7 Å². The number of benzene rings is 1. The van der Waals surface area contributed by atoms with Crippen LogP contribution in [0.25, 0.3) is 0 Å². The predicted octanol–water partition coefficient (Wildman–Crippen LogP) is 2.65. The summed E-state index contributed by atoms with van der Waals surface area (Å²) >= 11 is 0. The summed E-state index contributed by atoms with van der Waals surface area (Å²) in [5.41, 5.74) is 0.692. The molecule has 0 unspecified atom stereocenters. The zero-order valence-electron chi connectivity index (χ0n) is 11.2. The first-order valence-corrected chi connectivity index (χ1v) is 6.75. The fraction of sp³-hybridized carbons (Fsp3) is 0.533. The van der Waals surface area contributed by atoms with Crippen molar-refractivity contribution < 1.29 is 13.9 Å². The van der Waals surface area contributed by atoms with Gasteiger partial charge in [-0.3, -0.25) is 4.79 Å². The van der Waals surface area contributed by atoms with Crippen LogP contribution >= 0.6 is 0 Å². The second kappa shape index (κ2) is 6.66. The highest BCUT2D eigenvalue weighted by Crippen LogP contribution is 2.25. The molecule has 1 fully saturated rings. The third-order valence-electron chi connectivity index (χ3n) is 3.80. The molecule has 1 N–H and O–H groups in total. The van der Waals surface area contributed by atoms with Crippen LogP contribution in [0.2, 0.25) is 0 Å². The van der Waals surface area contributed by atoms with E-state index < -0.39 is 0 Å². The number of esters is 1. The molecule has 2 rings (SSSR count). The SMILES string of the molecule is COC(=O)C1CCC(NCc2ccccc2F)CC1. The second-order valence-corrected chi connectivity index (χ2v) is 5.04. The van der Waals surface area contributed by atoms with E-state index in [1.807, 2.05) is 6.07 Å². The van der Waals surface area contributed by atoms with Crippen molar-refractivity contribution in [2.75, 3.05) is 7.11 Å². The maximum Gasteiger partial charge on any atom is 0.308 e. The summed E-state index contributed by atoms with van der Waals surface area (Å²) in [7, 11) is 1.44. The van der Waals surface area contributed by atoms with E-state index in [0.29, 0.717) is 18.2 Å². The molecule has 4 heteroatoms. The summed E-state index contributed by atoms with van der Waals surface area (Å²) < 4.78 is 18.2. The molecule has 0 spiro atoms. The zero-order valence-corrected chi connectivity index (χ0v) is 11.2. The van der Waals surface area contributed by atoms with E-state index in [1.165, 1.54) is 13.2 Å². The van der Waals surface area contributed by atoms with Crippen LogP contribution in [0.3, 0.4) is 0 Å². The van der Waals surface area contributed by atoms with Crippen molar-refractivity contribution in [1.29, 1.82) is 0 Å². The van der Waals surface area contributed by atoms with Gasteiger partial charge in [-0.15, -0.1) is 0 Å². The minimum absolute atomic E-state index is 0.0384. The van der Waals surface area contributed by atoms with Crippen molar-refractivity contribution in [3.8, 4) is 0 Å². The number of halogens is 1. The Balaban J connectivity index is 1.77. The summed E-state index contributed by atoms with van der Waals surface area (Å²) in [5, 5.41) is 3.36. The van der Waals surface area contributed by atoms with Gasteiger partial charge in [-0.2, -0.15) is 0 Å². The Morgan fingerprint density at radius 2 is 2.00 bits per heavy atom. The Kier molecular flexibility index (Phi) is 4.91. The second-order valence-electron chi connectivity index (χ2n) is 5.04. The lowest BCUT2D eigenvalue weighted by Gasteiger charge is -2.27. The van der Waals surface area contributed by atoms with Crippen LogP contribution < -0.4 is 5.32 Å². The van der Waals surface area contributed by atoms with Crippen LogP contribution in [-0.4, -0.2) is 19.1 Å². The van der Waals surface area contributed by atoms with Crippen molar-refractivity contribution in [1.82, 2.24) is 5.32 Å². The number of rotatable bonds is 4. The molecule has 19 heavy (non-hydrogen) atoms. The first-order chi connectivity index (χ1) is 9.20. The van der Waals surface area contributed by atoms with Gasteiger partial charge in [0, 0.05) is 18.2 Å². The molecule has 3 nitrogen and oxygen atoms in total. The van der Waals surface area contributed by atoms with Crippen LogP contribution in [0.1, 0.15) is 31.2 Å². The van der Waals surface area contributed by atoms with Crippen LogP contribution in [0.4, 0.5) is 4.39 Å². The summed E-state index contributed by atoms with van der Waals surface area (Å²) in [6, 6.07) is 7.17. The van der Waals surface area contributed by atoms with E-state index in [9.17, 15) is 9.18 Å². The lowest BCUT2D eigenvalue weighted by Crippen LogP contribution is -2.35. The van der Waals surface area contributed by atoms with Crippen molar-refractivity contribution in [2.45, 2.75) is 38.3 Å². The van der Waals surface area contributed by atoms with E-state index in [1.54, 1.807) is 12.1 Å². The number of carbonyl (C=O) groups excluding carboxylic acids is 1. The van der Waals surface area contributed by atoms with Gasteiger partial charge in [0.05, 0.1) is 13.0 Å². The maximum atomic E-state index is 13.5. The molecule has 104 valence electrons. The van der Waals surface area contributed by atoms with Crippen molar-refractivity contribution in [3.05, 3.63) is 35.6 Å². The molecule has 0 bridgehead atoms. The molecule has 0 radical (unpaired) electrons. The van der Waals surface area contributed by atoms with Gasteiger partial charge in [0.2, 0.25) is 0 Å². The summed E-state index contributed by atoms with van der Waals surface area (Å²) in [4.78, 5) is 11.4. The maximum absolute atomic E-state index is 13.5. The highest BCUT2D eigenvalue weighted by Gasteiger charge is 2.26. The molecule has 1 saturated carbocycles. The minimum atomic E-state index is -0.168. The van der Waals surface area contributed by atoms with Crippen molar-refractivity contribution >= 4 is 5.97 Å². The number of hydrogen-bond acceptors (Lipinski definition) is 3. The largest absolute Gasteiger partial charge is 0.469 e. The molecule has 1 aromatic carbocycles. The molecule has 0 saturated heterocycles. The Labute approximate surface area is 113 Å². The Morgan fingerprint density at radius 1 is 1.32 bits per heavy atom. The molecular weight excluding hydrogens is 245 g/mol. The normalized spacial score (nSPS) is 23.1. The summed E-state index contributed by atoms with van der Waals surface area (Å²) in [6.45, 7) is 0.542. The number of carbonyl (C=O) groups is 1. The topological polar surface area (TPSA) is 38.3 Å². The van der Waals surface area contributed by atoms with Gasteiger partial charge < -0.3 is 10.1 Å². The third-order valence-corrected chi connectivity index (χ3v) is 3.80. The quantitative estimate of drug-likeness (QED) is 0.851. The van der Waals surface area contributed by atoms with Crippen LogP contribution in [-0.2, 0) is 16.1 Å². The number of nitrogens with one attached hydrogen (secondary N) is 1. The highest BCUT2D eigenvalue weighted by molar-refractivity contribution is 5.72. The van der Waals surface area contributed by atoms with Crippen molar-refractivity contribution in [2.24, 2.45) is 5.92 Å². The third kappa shape index (κ3) is 3.77. The number of methoxy groups -OCH3 is 1. The van der Waals surface area contributed by atoms with E-state index in [2.05, 4.69) is 5.32 Å². The zero-order chi connectivity index (χ0) is 13.7. The van der Waals surface area contributed by atoms with E-state index >= 15 is 0 Å². The first kappa shape index (κ1) is 14.0. The summed E-state index contributed by atoms with van der Waals surface area (Å²) in [5.74, 6) is -0.234. The van der Waals surface area contributed by atoms with Crippen LogP contribution in [0.5, 0.6) is 0 Å². The van der Waals surface area contributed by atoms with E-state index in [4.69, 9.17) is 4.74 Å². The molecule has 0 aromatic heterocycles. The molecular formula is C15H20FNO2. The van der Waals surface area contributed by atoms with Gasteiger partial charge in [0.15, 0.2) is 0 Å². The number of hydrogen-bond donors (Lipinski definition) is 1. The van der Waals surface area contributed by atoms with Gasteiger partial charge in [-0.1, -0.05) is 18.2 Å². The lowest BCUT2D eigenvalue weighted by molar-refractivity contribution is -0.146. The molecule has 0 heterocycles. The van der Waals surface area contributed by atoms with E-state index in [-0.39, 0.29) is 17.7 Å². The molecule has 0 amide bonds. The highest BCUT2D eigenvalue weighted by atomic mass is 19.1. The fourth-order valence-corrected chi connectivity index (χ4v) is 2.60. The Bertz CT molecular complexity index is 428. The van der Waals surface area contributed by atoms with Gasteiger partial charge in [-0.25, -0.2) is 4.39 Å². The first-order valence-electron chi connectivity index (χ1n) is 6.75. The number of ether oxygens (including phenoxy) is 1. The monoisotopic (exact) mass is 265 g/mol.